The topological polar surface area (TPSA) is 116 Å². The Morgan fingerprint density at radius 2 is 1.74 bits per heavy atom. The van der Waals surface area contributed by atoms with E-state index in [1.54, 1.807) is 0 Å². The largest absolute Gasteiger partial charge is 0.465 e. The summed E-state index contributed by atoms with van der Waals surface area (Å²) in [4.78, 5) is 11.5. The summed E-state index contributed by atoms with van der Waals surface area (Å²) in [6.45, 7) is 0. The van der Waals surface area contributed by atoms with Gasteiger partial charge in [-0.25, -0.2) is 9.18 Å². The number of hydrogen-bond acceptors (Lipinski definition) is 7. The van der Waals surface area contributed by atoms with E-state index >= 15 is 4.39 Å². The first-order valence-electron chi connectivity index (χ1n) is 9.59. The minimum absolute atomic E-state index is 0.0226. The maximum atomic E-state index is 15.1. The lowest BCUT2D eigenvalue weighted by Crippen LogP contribution is -2.15. The first kappa shape index (κ1) is 24.7. The molecular formula is C24H16Cl2FN3O4. The Labute approximate surface area is 204 Å². The third-order valence-corrected chi connectivity index (χ3v) is 5.01. The SMILES string of the molecule is COC(=O)c1ccc(C(=N)OC(=N)Cc2ccc(Cl)c(Oc3cc(Cl)cc(C#N)c3)c2F)cc1. The van der Waals surface area contributed by atoms with Crippen molar-refractivity contribution in [3.63, 3.8) is 0 Å². The number of rotatable bonds is 6. The summed E-state index contributed by atoms with van der Waals surface area (Å²) in [5.74, 6) is -2.28. The zero-order valence-corrected chi connectivity index (χ0v) is 19.1. The van der Waals surface area contributed by atoms with Crippen molar-refractivity contribution < 1.29 is 23.4 Å². The van der Waals surface area contributed by atoms with E-state index in [0.717, 1.165) is 0 Å². The second-order valence-electron chi connectivity index (χ2n) is 6.84. The van der Waals surface area contributed by atoms with Crippen LogP contribution < -0.4 is 4.74 Å². The molecular weight excluding hydrogens is 484 g/mol. The molecule has 0 radical (unpaired) electrons. The maximum Gasteiger partial charge on any atom is 0.337 e. The molecule has 0 bridgehead atoms. The number of nitriles is 1. The number of benzene rings is 3. The van der Waals surface area contributed by atoms with Gasteiger partial charge >= 0.3 is 5.97 Å². The molecule has 0 saturated heterocycles. The number of esters is 1. The second kappa shape index (κ2) is 10.8. The van der Waals surface area contributed by atoms with Gasteiger partial charge in [0.2, 0.25) is 5.90 Å². The lowest BCUT2D eigenvalue weighted by atomic mass is 10.1. The van der Waals surface area contributed by atoms with Crippen LogP contribution in [0.2, 0.25) is 10.0 Å². The normalized spacial score (nSPS) is 10.2. The molecule has 2 N–H and O–H groups in total. The van der Waals surface area contributed by atoms with E-state index < -0.39 is 17.7 Å². The van der Waals surface area contributed by atoms with E-state index in [0.29, 0.717) is 11.1 Å². The van der Waals surface area contributed by atoms with Crippen LogP contribution in [0.5, 0.6) is 11.5 Å². The Bertz CT molecular complexity index is 1320. The van der Waals surface area contributed by atoms with Gasteiger partial charge in [0.05, 0.1) is 35.7 Å². The smallest absolute Gasteiger partial charge is 0.337 e. The Hall–Kier alpha value is -3.93. The van der Waals surface area contributed by atoms with E-state index in [4.69, 9.17) is 48.8 Å². The Morgan fingerprint density at radius 1 is 1.06 bits per heavy atom. The van der Waals surface area contributed by atoms with Crippen molar-refractivity contribution in [1.29, 1.82) is 16.1 Å². The van der Waals surface area contributed by atoms with Gasteiger partial charge in [-0.05, 0) is 48.5 Å². The minimum atomic E-state index is -0.826. The fraction of sp³-hybridized carbons (Fsp3) is 0.0833. The first-order valence-corrected chi connectivity index (χ1v) is 10.4. The summed E-state index contributed by atoms with van der Waals surface area (Å²) in [5, 5.41) is 25.3. The van der Waals surface area contributed by atoms with Crippen LogP contribution in [0.3, 0.4) is 0 Å². The minimum Gasteiger partial charge on any atom is -0.465 e. The van der Waals surface area contributed by atoms with Crippen LogP contribution >= 0.6 is 23.2 Å². The number of nitrogens with one attached hydrogen (secondary N) is 2. The highest BCUT2D eigenvalue weighted by molar-refractivity contribution is 6.32. The standard InChI is InChI=1S/C24H16Cl2FN3O4/c1-32-24(31)15-4-2-14(3-5-15)23(30)34-20(29)10-16-6-7-19(26)22(21(16)27)33-18-9-13(12-28)8-17(25)11-18/h2-9,11,29-30H,10H2,1H3. The van der Waals surface area contributed by atoms with Crippen LogP contribution in [0.1, 0.15) is 27.0 Å². The van der Waals surface area contributed by atoms with Crippen LogP contribution in [-0.2, 0) is 15.9 Å². The van der Waals surface area contributed by atoms with Crippen molar-refractivity contribution in [2.24, 2.45) is 0 Å². The van der Waals surface area contributed by atoms with Crippen molar-refractivity contribution in [3.8, 4) is 17.6 Å². The third kappa shape index (κ3) is 5.90. The van der Waals surface area contributed by atoms with Crippen LogP contribution in [0, 0.1) is 28.0 Å². The van der Waals surface area contributed by atoms with Crippen molar-refractivity contribution in [2.45, 2.75) is 6.42 Å². The molecule has 0 heterocycles. The highest BCUT2D eigenvalue weighted by Crippen LogP contribution is 2.35. The Kier molecular flexibility index (Phi) is 7.84. The van der Waals surface area contributed by atoms with E-state index in [1.807, 2.05) is 6.07 Å². The van der Waals surface area contributed by atoms with Gasteiger partial charge in [0.25, 0.3) is 0 Å². The molecule has 0 fully saturated rings. The Morgan fingerprint density at radius 3 is 2.38 bits per heavy atom. The van der Waals surface area contributed by atoms with Crippen molar-refractivity contribution >= 4 is 41.0 Å². The molecule has 3 aromatic carbocycles. The van der Waals surface area contributed by atoms with Crippen molar-refractivity contribution in [2.75, 3.05) is 7.11 Å². The average molecular weight is 500 g/mol. The Balaban J connectivity index is 1.74. The number of carbonyl (C=O) groups is 1. The van der Waals surface area contributed by atoms with E-state index in [1.165, 1.54) is 61.7 Å². The molecule has 172 valence electrons. The molecule has 0 atom stereocenters. The molecule has 0 amide bonds. The first-order chi connectivity index (χ1) is 16.2. The molecule has 34 heavy (non-hydrogen) atoms. The predicted octanol–water partition coefficient (Wildman–Crippen LogP) is 6.15. The van der Waals surface area contributed by atoms with Gasteiger partial charge in [-0.15, -0.1) is 0 Å². The zero-order valence-electron chi connectivity index (χ0n) is 17.6. The molecule has 3 aromatic rings. The fourth-order valence-electron chi connectivity index (χ4n) is 2.87. The van der Waals surface area contributed by atoms with Crippen molar-refractivity contribution in [1.82, 2.24) is 0 Å². The van der Waals surface area contributed by atoms with Crippen LogP contribution in [0.25, 0.3) is 0 Å². The summed E-state index contributed by atoms with van der Waals surface area (Å²) in [6, 6.07) is 14.8. The molecule has 0 spiro atoms. The van der Waals surface area contributed by atoms with E-state index in [2.05, 4.69) is 4.74 Å². The van der Waals surface area contributed by atoms with E-state index in [9.17, 15) is 4.79 Å². The average Bonchev–Trinajstić information content (AvgIpc) is 2.82. The lowest BCUT2D eigenvalue weighted by Gasteiger charge is -2.13. The monoisotopic (exact) mass is 499 g/mol. The summed E-state index contributed by atoms with van der Waals surface area (Å²) >= 11 is 12.1. The second-order valence-corrected chi connectivity index (χ2v) is 7.68. The number of ether oxygens (including phenoxy) is 3. The molecule has 0 aliphatic carbocycles. The van der Waals surface area contributed by atoms with Gasteiger partial charge in [0, 0.05) is 16.1 Å². The highest BCUT2D eigenvalue weighted by atomic mass is 35.5. The molecule has 10 heteroatoms. The number of methoxy groups -OCH3 is 1. The van der Waals surface area contributed by atoms with E-state index in [-0.39, 0.29) is 45.0 Å². The quantitative estimate of drug-likeness (QED) is 0.239. The molecule has 7 nitrogen and oxygen atoms in total. The van der Waals surface area contributed by atoms with Crippen LogP contribution in [-0.4, -0.2) is 24.9 Å². The lowest BCUT2D eigenvalue weighted by molar-refractivity contribution is 0.0600. The fourth-order valence-corrected chi connectivity index (χ4v) is 3.28. The summed E-state index contributed by atoms with van der Waals surface area (Å²) in [7, 11) is 1.26. The predicted molar refractivity (Wildman–Crippen MR) is 125 cm³/mol. The molecule has 0 aromatic heterocycles. The molecule has 0 unspecified atom stereocenters. The van der Waals surface area contributed by atoms with Gasteiger partial charge in [0.15, 0.2) is 17.5 Å². The number of halogens is 3. The maximum absolute atomic E-state index is 15.1. The van der Waals surface area contributed by atoms with Crippen LogP contribution in [0.4, 0.5) is 4.39 Å². The number of carbonyl (C=O) groups excluding carboxylic acids is 1. The molecule has 3 rings (SSSR count). The van der Waals surface area contributed by atoms with Crippen LogP contribution in [0.15, 0.2) is 54.6 Å². The van der Waals surface area contributed by atoms with Gasteiger partial charge in [-0.2, -0.15) is 5.26 Å². The summed E-state index contributed by atoms with van der Waals surface area (Å²) in [5.41, 5.74) is 0.878. The van der Waals surface area contributed by atoms with Gasteiger partial charge in [-0.3, -0.25) is 10.8 Å². The van der Waals surface area contributed by atoms with Gasteiger partial charge < -0.3 is 14.2 Å². The summed E-state index contributed by atoms with van der Waals surface area (Å²) in [6.07, 6.45) is -0.291. The van der Waals surface area contributed by atoms with Gasteiger partial charge in [-0.1, -0.05) is 29.3 Å². The highest BCUT2D eigenvalue weighted by Gasteiger charge is 2.18. The summed E-state index contributed by atoms with van der Waals surface area (Å²) < 4.78 is 30.5. The molecule has 0 aliphatic rings. The molecule has 0 aliphatic heterocycles. The number of nitrogens with zero attached hydrogens (tertiary/aromatic N) is 1. The zero-order chi connectivity index (χ0) is 24.8. The third-order valence-electron chi connectivity index (χ3n) is 4.49. The van der Waals surface area contributed by atoms with Gasteiger partial charge in [0.1, 0.15) is 5.75 Å². The number of hydrogen-bond donors (Lipinski definition) is 2. The van der Waals surface area contributed by atoms with Crippen molar-refractivity contribution in [3.05, 3.63) is 92.7 Å². The molecule has 0 saturated carbocycles.